The Morgan fingerprint density at radius 1 is 0.812 bits per heavy atom. The minimum absolute atomic E-state index is 0.679. The molecule has 0 rings (SSSR count). The molecule has 0 amide bonds. The second-order valence-electron chi connectivity index (χ2n) is 4.24. The second-order valence-corrected chi connectivity index (χ2v) is 5.74. The molecule has 0 heterocycles. The maximum Gasteiger partial charge on any atom is 0.673 e. The SMILES string of the molecule is CCCC([PH3+])(CCC)CCC.F[B-](F)(F)F. The van der Waals surface area contributed by atoms with Gasteiger partial charge in [-0.1, -0.05) is 40.0 Å². The van der Waals surface area contributed by atoms with Crippen LogP contribution < -0.4 is 0 Å². The lowest BCUT2D eigenvalue weighted by atomic mass is 9.92. The highest BCUT2D eigenvalue weighted by atomic mass is 31.0. The fraction of sp³-hybridized carbons (Fsp3) is 1.00. The molecule has 0 N–H and O–H groups in total. The van der Waals surface area contributed by atoms with Crippen molar-refractivity contribution in [2.24, 2.45) is 0 Å². The lowest BCUT2D eigenvalue weighted by molar-refractivity contribution is 0.368. The predicted octanol–water partition coefficient (Wildman–Crippen LogP) is 5.03. The van der Waals surface area contributed by atoms with Gasteiger partial charge in [0.1, 0.15) is 0 Å². The number of halogens is 4. The van der Waals surface area contributed by atoms with Crippen molar-refractivity contribution in [3.63, 3.8) is 0 Å². The van der Waals surface area contributed by atoms with Crippen molar-refractivity contribution in [2.45, 2.75) is 64.5 Å². The minimum atomic E-state index is -6.00. The molecule has 0 aromatic rings. The normalized spacial score (nSPS) is 12.2. The zero-order chi connectivity index (χ0) is 13.2. The molecule has 1 atom stereocenters. The summed E-state index contributed by atoms with van der Waals surface area (Å²) >= 11 is 0. The number of hydrogen-bond donors (Lipinski definition) is 0. The Balaban J connectivity index is 0. The van der Waals surface area contributed by atoms with E-state index in [1.807, 2.05) is 0 Å². The molecule has 0 saturated carbocycles. The van der Waals surface area contributed by atoms with Crippen molar-refractivity contribution in [2.75, 3.05) is 0 Å². The van der Waals surface area contributed by atoms with Gasteiger partial charge in [0.25, 0.3) is 0 Å². The standard InChI is InChI=1S/C10H23P.BF4/c1-4-7-10(11,8-5-2)9-6-3;2-1(3,4)5/h4-9,11H2,1-3H3;/q;-1/p+1. The van der Waals surface area contributed by atoms with E-state index in [1.165, 1.54) is 38.5 Å². The fourth-order valence-corrected chi connectivity index (χ4v) is 3.03. The zero-order valence-corrected chi connectivity index (χ0v) is 12.0. The van der Waals surface area contributed by atoms with Crippen molar-refractivity contribution in [3.8, 4) is 0 Å². The summed E-state index contributed by atoms with van der Waals surface area (Å²) in [5.41, 5.74) is 0. The van der Waals surface area contributed by atoms with Gasteiger partial charge >= 0.3 is 7.25 Å². The van der Waals surface area contributed by atoms with Crippen molar-refractivity contribution in [3.05, 3.63) is 0 Å². The van der Waals surface area contributed by atoms with Crippen LogP contribution in [0.5, 0.6) is 0 Å². The summed E-state index contributed by atoms with van der Waals surface area (Å²) in [5.74, 6) is 0. The third-order valence-electron chi connectivity index (χ3n) is 2.34. The Kier molecular flexibility index (Phi) is 10.8. The van der Waals surface area contributed by atoms with E-state index in [-0.39, 0.29) is 0 Å². The highest BCUT2D eigenvalue weighted by Gasteiger charge is 2.25. The van der Waals surface area contributed by atoms with E-state index >= 15 is 0 Å². The van der Waals surface area contributed by atoms with Crippen molar-refractivity contribution in [1.82, 2.24) is 0 Å². The van der Waals surface area contributed by atoms with E-state index in [2.05, 4.69) is 30.0 Å². The second kappa shape index (κ2) is 9.27. The molecule has 0 saturated heterocycles. The molecular formula is C10H24BF4P. The van der Waals surface area contributed by atoms with E-state index in [1.54, 1.807) is 0 Å². The first-order valence-electron chi connectivity index (χ1n) is 5.91. The third-order valence-corrected chi connectivity index (χ3v) is 3.40. The van der Waals surface area contributed by atoms with Gasteiger partial charge in [-0.15, -0.1) is 0 Å². The van der Waals surface area contributed by atoms with E-state index < -0.39 is 7.25 Å². The molecule has 16 heavy (non-hydrogen) atoms. The molecule has 0 aliphatic heterocycles. The molecule has 0 nitrogen and oxygen atoms in total. The topological polar surface area (TPSA) is 0 Å². The lowest BCUT2D eigenvalue weighted by Crippen LogP contribution is -2.19. The van der Waals surface area contributed by atoms with Crippen LogP contribution in [0.3, 0.4) is 0 Å². The maximum absolute atomic E-state index is 9.75. The van der Waals surface area contributed by atoms with E-state index in [0.29, 0.717) is 5.16 Å². The predicted molar refractivity (Wildman–Crippen MR) is 68.7 cm³/mol. The Morgan fingerprint density at radius 3 is 1.12 bits per heavy atom. The molecule has 0 aromatic carbocycles. The maximum atomic E-state index is 9.75. The Bertz CT molecular complexity index is 138. The van der Waals surface area contributed by atoms with Crippen molar-refractivity contribution < 1.29 is 17.3 Å². The van der Waals surface area contributed by atoms with Crippen LogP contribution >= 0.6 is 9.24 Å². The first-order chi connectivity index (χ1) is 7.18. The highest BCUT2D eigenvalue weighted by molar-refractivity contribution is 7.19. The Labute approximate surface area is 98.9 Å². The number of hydrogen-bond acceptors (Lipinski definition) is 0. The van der Waals surface area contributed by atoms with Crippen LogP contribution in [0.25, 0.3) is 0 Å². The molecule has 0 radical (unpaired) electrons. The van der Waals surface area contributed by atoms with Gasteiger partial charge in [-0.05, 0) is 28.5 Å². The summed E-state index contributed by atoms with van der Waals surface area (Å²) in [4.78, 5) is 0. The first kappa shape index (κ1) is 18.6. The molecule has 0 spiro atoms. The van der Waals surface area contributed by atoms with Gasteiger partial charge in [-0.2, -0.15) is 0 Å². The highest BCUT2D eigenvalue weighted by Crippen LogP contribution is 2.34. The molecule has 0 aromatic heterocycles. The van der Waals surface area contributed by atoms with Gasteiger partial charge in [0.2, 0.25) is 0 Å². The fourth-order valence-electron chi connectivity index (χ4n) is 1.97. The molecular weight excluding hydrogens is 238 g/mol. The van der Waals surface area contributed by atoms with Crippen molar-refractivity contribution in [1.29, 1.82) is 0 Å². The van der Waals surface area contributed by atoms with Gasteiger partial charge in [0, 0.05) is 0 Å². The summed E-state index contributed by atoms with van der Waals surface area (Å²) in [6, 6.07) is 0. The van der Waals surface area contributed by atoms with E-state index in [9.17, 15) is 17.3 Å². The van der Waals surface area contributed by atoms with Crippen molar-refractivity contribution >= 4 is 16.5 Å². The van der Waals surface area contributed by atoms with Crippen LogP contribution in [-0.4, -0.2) is 12.4 Å². The van der Waals surface area contributed by atoms with Gasteiger partial charge in [0.15, 0.2) is 0 Å². The summed E-state index contributed by atoms with van der Waals surface area (Å²) in [6.45, 7) is 6.90. The summed E-state index contributed by atoms with van der Waals surface area (Å²) in [5, 5.41) is 0.679. The molecule has 0 aliphatic rings. The lowest BCUT2D eigenvalue weighted by Gasteiger charge is -2.22. The first-order valence-corrected chi connectivity index (χ1v) is 6.62. The monoisotopic (exact) mass is 262 g/mol. The van der Waals surface area contributed by atoms with Gasteiger partial charge < -0.3 is 17.3 Å². The smallest absolute Gasteiger partial charge is 0.418 e. The van der Waals surface area contributed by atoms with Crippen LogP contribution in [0.1, 0.15) is 59.3 Å². The van der Waals surface area contributed by atoms with Crippen LogP contribution in [0.15, 0.2) is 0 Å². The summed E-state index contributed by atoms with van der Waals surface area (Å²) in [7, 11) is -3.76. The average molecular weight is 262 g/mol. The molecule has 1 unspecified atom stereocenters. The number of rotatable bonds is 6. The molecule has 0 fully saturated rings. The third kappa shape index (κ3) is 16.6. The molecule has 0 bridgehead atoms. The minimum Gasteiger partial charge on any atom is -0.418 e. The van der Waals surface area contributed by atoms with Gasteiger partial charge in [0.05, 0.1) is 5.16 Å². The summed E-state index contributed by atoms with van der Waals surface area (Å²) < 4.78 is 39.0. The molecule has 100 valence electrons. The molecule has 6 heteroatoms. The van der Waals surface area contributed by atoms with Gasteiger partial charge in [-0.25, -0.2) is 0 Å². The quantitative estimate of drug-likeness (QED) is 0.357. The van der Waals surface area contributed by atoms with Crippen LogP contribution in [0.4, 0.5) is 17.3 Å². The zero-order valence-electron chi connectivity index (χ0n) is 10.5. The van der Waals surface area contributed by atoms with E-state index in [0.717, 1.165) is 0 Å². The molecule has 0 aliphatic carbocycles. The summed E-state index contributed by atoms with van der Waals surface area (Å²) in [6.07, 6.45) is 8.32. The van der Waals surface area contributed by atoms with Gasteiger partial charge in [-0.3, -0.25) is 0 Å². The largest absolute Gasteiger partial charge is 0.673 e. The van der Waals surface area contributed by atoms with Crippen LogP contribution in [-0.2, 0) is 0 Å². The van der Waals surface area contributed by atoms with Crippen LogP contribution in [0.2, 0.25) is 0 Å². The van der Waals surface area contributed by atoms with Crippen LogP contribution in [0, 0.1) is 0 Å². The van der Waals surface area contributed by atoms with E-state index in [4.69, 9.17) is 0 Å². The Hall–Kier alpha value is 0.215. The Morgan fingerprint density at radius 2 is 1.00 bits per heavy atom. The average Bonchev–Trinajstić information content (AvgIpc) is 2.01.